The number of fused-ring (bicyclic) bond motifs is 7. The lowest BCUT2D eigenvalue weighted by Crippen LogP contribution is -2.00. The lowest BCUT2D eigenvalue weighted by Gasteiger charge is -2.16. The van der Waals surface area contributed by atoms with Crippen LogP contribution in [0.25, 0.3) is 117 Å². The summed E-state index contributed by atoms with van der Waals surface area (Å²) in [5.41, 5.74) is 14.4. The average Bonchev–Trinajstić information content (AvgIpc) is 3.90. The van der Waals surface area contributed by atoms with Gasteiger partial charge in [0.1, 0.15) is 11.2 Å². The van der Waals surface area contributed by atoms with Gasteiger partial charge in [0, 0.05) is 43.9 Å². The summed E-state index contributed by atoms with van der Waals surface area (Å²) in [4.78, 5) is 15.3. The highest BCUT2D eigenvalue weighted by Crippen LogP contribution is 2.43. The Balaban J connectivity index is 1.12. The van der Waals surface area contributed by atoms with E-state index in [4.69, 9.17) is 19.4 Å². The maximum atomic E-state index is 6.42. The number of furan rings is 1. The standard InChI is InChI=1S/C57H36N4O/c1-5-17-37(18-6-1)41-31-42(34-45(33-41)57-59-55(39-21-9-3-10-22-39)58-56(60-57)40-23-11-4-12-24-40)44-32-43(38-19-7-2-8-20-38)35-46(36-44)61-49-27-15-13-25-47(49)53-50(61)29-30-52-54(53)48-26-14-16-28-51(48)62-52/h1-36H. The summed E-state index contributed by atoms with van der Waals surface area (Å²) in [6, 6.07) is 76.5. The zero-order valence-corrected chi connectivity index (χ0v) is 33.5. The van der Waals surface area contributed by atoms with Crippen LogP contribution in [-0.4, -0.2) is 19.5 Å². The molecular weight excluding hydrogens is 757 g/mol. The van der Waals surface area contributed by atoms with Gasteiger partial charge >= 0.3 is 0 Å². The Hall–Kier alpha value is -8.41. The fourth-order valence-corrected chi connectivity index (χ4v) is 8.92. The van der Waals surface area contributed by atoms with E-state index < -0.39 is 0 Å². The molecule has 5 nitrogen and oxygen atoms in total. The molecule has 0 aliphatic carbocycles. The molecule has 9 aromatic carbocycles. The Morgan fingerprint density at radius 3 is 1.32 bits per heavy atom. The van der Waals surface area contributed by atoms with Crippen LogP contribution in [0.3, 0.4) is 0 Å². The van der Waals surface area contributed by atoms with Gasteiger partial charge in [0.2, 0.25) is 0 Å². The van der Waals surface area contributed by atoms with Crippen molar-refractivity contribution in [2.75, 3.05) is 0 Å². The van der Waals surface area contributed by atoms with Crippen LogP contribution in [0.2, 0.25) is 0 Å². The van der Waals surface area contributed by atoms with Crippen molar-refractivity contribution in [1.82, 2.24) is 19.5 Å². The molecule has 290 valence electrons. The maximum absolute atomic E-state index is 6.42. The minimum atomic E-state index is 0.606. The summed E-state index contributed by atoms with van der Waals surface area (Å²) < 4.78 is 8.83. The fourth-order valence-electron chi connectivity index (χ4n) is 8.92. The molecule has 0 aliphatic heterocycles. The molecule has 0 fully saturated rings. The zero-order valence-electron chi connectivity index (χ0n) is 33.5. The first-order valence-electron chi connectivity index (χ1n) is 20.8. The molecule has 12 rings (SSSR count). The molecule has 3 aromatic heterocycles. The van der Waals surface area contributed by atoms with E-state index in [9.17, 15) is 0 Å². The third kappa shape index (κ3) is 6.14. The number of benzene rings is 9. The Kier molecular flexibility index (Phi) is 8.42. The Morgan fingerprint density at radius 1 is 0.290 bits per heavy atom. The number of para-hydroxylation sites is 2. The Bertz CT molecular complexity index is 3560. The molecule has 3 heterocycles. The maximum Gasteiger partial charge on any atom is 0.164 e. The average molecular weight is 793 g/mol. The summed E-state index contributed by atoms with van der Waals surface area (Å²) in [7, 11) is 0. The van der Waals surface area contributed by atoms with Crippen molar-refractivity contribution in [2.45, 2.75) is 0 Å². The molecule has 0 aliphatic rings. The van der Waals surface area contributed by atoms with Gasteiger partial charge in [-0.05, 0) is 94.0 Å². The van der Waals surface area contributed by atoms with Crippen LogP contribution in [0.15, 0.2) is 223 Å². The summed E-state index contributed by atoms with van der Waals surface area (Å²) in [5.74, 6) is 1.86. The number of nitrogens with zero attached hydrogens (tertiary/aromatic N) is 4. The minimum absolute atomic E-state index is 0.606. The van der Waals surface area contributed by atoms with E-state index in [1.807, 2.05) is 66.7 Å². The van der Waals surface area contributed by atoms with Crippen LogP contribution in [-0.2, 0) is 0 Å². The first kappa shape index (κ1) is 35.5. The molecule has 5 heteroatoms. The molecule has 62 heavy (non-hydrogen) atoms. The van der Waals surface area contributed by atoms with Gasteiger partial charge in [-0.25, -0.2) is 15.0 Å². The number of hydrogen-bond donors (Lipinski definition) is 0. The molecule has 0 saturated heterocycles. The van der Waals surface area contributed by atoms with E-state index in [2.05, 4.69) is 156 Å². The first-order chi connectivity index (χ1) is 30.7. The van der Waals surface area contributed by atoms with Gasteiger partial charge in [-0.2, -0.15) is 0 Å². The summed E-state index contributed by atoms with van der Waals surface area (Å²) in [6.45, 7) is 0. The number of rotatable bonds is 7. The Labute approximate surface area is 357 Å². The molecule has 0 amide bonds. The molecule has 0 saturated carbocycles. The summed E-state index contributed by atoms with van der Waals surface area (Å²) in [6.07, 6.45) is 0. The van der Waals surface area contributed by atoms with Crippen molar-refractivity contribution in [3.63, 3.8) is 0 Å². The highest BCUT2D eigenvalue weighted by Gasteiger charge is 2.21. The molecule has 0 spiro atoms. The van der Waals surface area contributed by atoms with Gasteiger partial charge < -0.3 is 8.98 Å². The van der Waals surface area contributed by atoms with Crippen molar-refractivity contribution in [3.05, 3.63) is 218 Å². The van der Waals surface area contributed by atoms with Gasteiger partial charge in [-0.1, -0.05) is 158 Å². The third-order valence-corrected chi connectivity index (χ3v) is 11.8. The summed E-state index contributed by atoms with van der Waals surface area (Å²) in [5, 5.41) is 4.61. The quantitative estimate of drug-likeness (QED) is 0.161. The highest BCUT2D eigenvalue weighted by atomic mass is 16.3. The summed E-state index contributed by atoms with van der Waals surface area (Å²) >= 11 is 0. The van der Waals surface area contributed by atoms with Gasteiger partial charge in [-0.15, -0.1) is 0 Å². The van der Waals surface area contributed by atoms with Crippen molar-refractivity contribution in [1.29, 1.82) is 0 Å². The fraction of sp³-hybridized carbons (Fsp3) is 0. The number of aromatic nitrogens is 4. The topological polar surface area (TPSA) is 56.7 Å². The predicted octanol–water partition coefficient (Wildman–Crippen LogP) is 14.9. The lowest BCUT2D eigenvalue weighted by atomic mass is 9.93. The molecule has 12 aromatic rings. The number of hydrogen-bond acceptors (Lipinski definition) is 4. The largest absolute Gasteiger partial charge is 0.456 e. The second kappa shape index (κ2) is 14.7. The van der Waals surface area contributed by atoms with Gasteiger partial charge in [0.05, 0.1) is 11.0 Å². The van der Waals surface area contributed by atoms with Crippen molar-refractivity contribution < 1.29 is 4.42 Å². The smallest absolute Gasteiger partial charge is 0.164 e. The zero-order chi connectivity index (χ0) is 41.0. The van der Waals surface area contributed by atoms with Crippen LogP contribution in [0.1, 0.15) is 0 Å². The SMILES string of the molecule is c1ccc(-c2cc(-c3cc(-c4ccccc4)cc(-n4c5ccccc5c5c6c(ccc54)oc4ccccc46)c3)cc(-c3nc(-c4ccccc4)nc(-c4ccccc4)n3)c2)cc1. The van der Waals surface area contributed by atoms with Crippen molar-refractivity contribution in [2.24, 2.45) is 0 Å². The lowest BCUT2D eigenvalue weighted by molar-refractivity contribution is 0.669. The molecule has 0 bridgehead atoms. The molecule has 0 atom stereocenters. The minimum Gasteiger partial charge on any atom is -0.456 e. The van der Waals surface area contributed by atoms with Crippen molar-refractivity contribution >= 4 is 43.7 Å². The molecular formula is C57H36N4O. The van der Waals surface area contributed by atoms with Crippen LogP contribution < -0.4 is 0 Å². The van der Waals surface area contributed by atoms with E-state index >= 15 is 0 Å². The van der Waals surface area contributed by atoms with E-state index in [1.165, 1.54) is 10.8 Å². The van der Waals surface area contributed by atoms with E-state index in [0.717, 1.165) is 88.7 Å². The van der Waals surface area contributed by atoms with Gasteiger partial charge in [0.15, 0.2) is 17.5 Å². The van der Waals surface area contributed by atoms with Crippen LogP contribution in [0.4, 0.5) is 0 Å². The predicted molar refractivity (Wildman–Crippen MR) is 254 cm³/mol. The van der Waals surface area contributed by atoms with Gasteiger partial charge in [-0.3, -0.25) is 0 Å². The van der Waals surface area contributed by atoms with Crippen LogP contribution >= 0.6 is 0 Å². The van der Waals surface area contributed by atoms with Crippen LogP contribution in [0.5, 0.6) is 0 Å². The van der Waals surface area contributed by atoms with E-state index in [-0.39, 0.29) is 0 Å². The second-order valence-corrected chi connectivity index (χ2v) is 15.6. The van der Waals surface area contributed by atoms with Crippen molar-refractivity contribution in [3.8, 4) is 73.2 Å². The van der Waals surface area contributed by atoms with Gasteiger partial charge in [0.25, 0.3) is 0 Å². The molecule has 0 unspecified atom stereocenters. The highest BCUT2D eigenvalue weighted by molar-refractivity contribution is 6.27. The molecule has 0 radical (unpaired) electrons. The molecule has 0 N–H and O–H groups in total. The monoisotopic (exact) mass is 792 g/mol. The first-order valence-corrected chi connectivity index (χ1v) is 20.8. The second-order valence-electron chi connectivity index (χ2n) is 15.6. The van der Waals surface area contributed by atoms with Crippen LogP contribution in [0, 0.1) is 0 Å². The normalized spacial score (nSPS) is 11.5. The third-order valence-electron chi connectivity index (χ3n) is 11.8. The van der Waals surface area contributed by atoms with E-state index in [1.54, 1.807) is 0 Å². The van der Waals surface area contributed by atoms with E-state index in [0.29, 0.717) is 17.5 Å². The Morgan fingerprint density at radius 2 is 0.726 bits per heavy atom.